The van der Waals surface area contributed by atoms with E-state index in [4.69, 9.17) is 5.11 Å². The van der Waals surface area contributed by atoms with E-state index >= 15 is 0 Å². The molecule has 3 aromatic rings. The topological polar surface area (TPSA) is 141 Å². The molecule has 5 atom stereocenters. The molecule has 322 valence electrons. The van der Waals surface area contributed by atoms with Gasteiger partial charge in [0.1, 0.15) is 15.9 Å². The second-order valence-corrected chi connectivity index (χ2v) is 19.1. The zero-order valence-corrected chi connectivity index (χ0v) is 37.8. The molecule has 5 unspecified atom stereocenters. The molecule has 58 heavy (non-hydrogen) atoms. The summed E-state index contributed by atoms with van der Waals surface area (Å²) in [5.74, 6) is -1.11. The molecule has 1 amide bonds. The number of hydrogen-bond donors (Lipinski definition) is 3. The van der Waals surface area contributed by atoms with Crippen molar-refractivity contribution in [3.05, 3.63) is 95.1 Å². The van der Waals surface area contributed by atoms with Crippen molar-refractivity contribution < 1.29 is 33.0 Å². The Balaban J connectivity index is 0.000000608. The number of sulfone groups is 1. The lowest BCUT2D eigenvalue weighted by Gasteiger charge is -2.31. The summed E-state index contributed by atoms with van der Waals surface area (Å²) in [5, 5.41) is 20.7. The first-order valence-electron chi connectivity index (χ1n) is 21.0. The Bertz CT molecular complexity index is 1800. The van der Waals surface area contributed by atoms with Crippen LogP contribution in [0.5, 0.6) is 0 Å². The Morgan fingerprint density at radius 1 is 0.828 bits per heavy atom. The maximum absolute atomic E-state index is 13.5. The van der Waals surface area contributed by atoms with E-state index in [-0.39, 0.29) is 18.1 Å². The Labute approximate surface area is 353 Å². The molecule has 4 rings (SSSR count). The Morgan fingerprint density at radius 2 is 1.48 bits per heavy atom. The van der Waals surface area contributed by atoms with Gasteiger partial charge in [-0.25, -0.2) is 13.2 Å². The number of nitrogens with one attached hydrogen (secondary N) is 1. The van der Waals surface area contributed by atoms with Crippen molar-refractivity contribution in [1.82, 2.24) is 10.2 Å². The van der Waals surface area contributed by atoms with Crippen molar-refractivity contribution in [2.24, 2.45) is 11.8 Å². The van der Waals surface area contributed by atoms with E-state index < -0.39 is 33.7 Å². The minimum absolute atomic E-state index is 0.183. The molecule has 0 bridgehead atoms. The quantitative estimate of drug-likeness (QED) is 0.101. The Hall–Kier alpha value is -3.67. The number of hydrogen-bond acceptors (Lipinski definition) is 7. The molecule has 1 heterocycles. The Kier molecular flexibility index (Phi) is 23.0. The normalized spacial score (nSPS) is 16.8. The van der Waals surface area contributed by atoms with Gasteiger partial charge in [0.05, 0.1) is 11.7 Å². The molecule has 0 aliphatic carbocycles. The van der Waals surface area contributed by atoms with Gasteiger partial charge in [-0.15, -0.1) is 0 Å². The van der Waals surface area contributed by atoms with E-state index in [1.807, 2.05) is 49.6 Å². The number of thioether (sulfide) groups is 1. The lowest BCUT2D eigenvalue weighted by Crippen LogP contribution is -2.42. The van der Waals surface area contributed by atoms with Gasteiger partial charge in [-0.2, -0.15) is 11.8 Å². The molecule has 0 radical (unpaired) electrons. The average molecular weight is 839 g/mol. The number of rotatable bonds is 20. The summed E-state index contributed by atoms with van der Waals surface area (Å²) in [6.45, 7) is 13.5. The van der Waals surface area contributed by atoms with Crippen LogP contribution in [0.15, 0.2) is 72.8 Å². The summed E-state index contributed by atoms with van der Waals surface area (Å²) >= 11 is 1.68. The molecule has 1 aliphatic rings. The van der Waals surface area contributed by atoms with Crippen molar-refractivity contribution in [2.45, 2.75) is 130 Å². The van der Waals surface area contributed by atoms with E-state index in [9.17, 15) is 27.9 Å². The number of nitrogens with zero attached hydrogens (tertiary/aromatic N) is 1. The van der Waals surface area contributed by atoms with Crippen molar-refractivity contribution in [2.75, 3.05) is 24.0 Å². The van der Waals surface area contributed by atoms with Crippen LogP contribution in [0.2, 0.25) is 0 Å². The molecular formula is C47H70N2O7S2. The first-order valence-corrected chi connectivity index (χ1v) is 24.4. The molecule has 11 heteroatoms. The molecule has 9 nitrogen and oxygen atoms in total. The van der Waals surface area contributed by atoms with Gasteiger partial charge < -0.3 is 15.5 Å². The van der Waals surface area contributed by atoms with Gasteiger partial charge in [0, 0.05) is 30.4 Å². The predicted molar refractivity (Wildman–Crippen MR) is 241 cm³/mol. The van der Waals surface area contributed by atoms with Crippen molar-refractivity contribution in [1.29, 1.82) is 0 Å². The highest BCUT2D eigenvalue weighted by molar-refractivity contribution is 7.98. The third-order valence-corrected chi connectivity index (χ3v) is 12.5. The van der Waals surface area contributed by atoms with Gasteiger partial charge in [-0.05, 0) is 103 Å². The highest BCUT2D eigenvalue weighted by Crippen LogP contribution is 2.34. The molecule has 0 spiro atoms. The van der Waals surface area contributed by atoms with E-state index in [0.29, 0.717) is 17.6 Å². The lowest BCUT2D eigenvalue weighted by molar-refractivity contribution is -0.141. The largest absolute Gasteiger partial charge is 0.481 e. The number of aliphatic carboxylic acids is 2. The molecule has 3 aromatic carbocycles. The minimum atomic E-state index is -3.38. The second kappa shape index (κ2) is 26.4. The smallest absolute Gasteiger partial charge is 0.326 e. The fraction of sp³-hybridized carbons (Fsp3) is 0.553. The van der Waals surface area contributed by atoms with Gasteiger partial charge >= 0.3 is 11.9 Å². The fourth-order valence-corrected chi connectivity index (χ4v) is 8.41. The number of aryl methyl sites for hydroxylation is 1. The van der Waals surface area contributed by atoms with Gasteiger partial charge in [-0.1, -0.05) is 121 Å². The third-order valence-electron chi connectivity index (χ3n) is 10.9. The zero-order chi connectivity index (χ0) is 43.3. The first-order chi connectivity index (χ1) is 27.5. The van der Waals surface area contributed by atoms with Crippen LogP contribution >= 0.6 is 11.8 Å². The number of amides is 1. The van der Waals surface area contributed by atoms with Crippen LogP contribution in [0.3, 0.4) is 0 Å². The highest BCUT2D eigenvalue weighted by atomic mass is 32.2. The zero-order valence-electron chi connectivity index (χ0n) is 36.2. The number of benzene rings is 3. The van der Waals surface area contributed by atoms with Gasteiger partial charge in [0.15, 0.2) is 0 Å². The molecule has 1 aliphatic heterocycles. The average Bonchev–Trinajstić information content (AvgIpc) is 3.55. The fourth-order valence-electron chi connectivity index (χ4n) is 7.16. The lowest BCUT2D eigenvalue weighted by atomic mass is 9.93. The van der Waals surface area contributed by atoms with E-state index in [1.54, 1.807) is 24.8 Å². The van der Waals surface area contributed by atoms with Crippen molar-refractivity contribution >= 4 is 39.4 Å². The van der Waals surface area contributed by atoms with Crippen LogP contribution in [0.25, 0.3) is 11.1 Å². The molecule has 0 aromatic heterocycles. The molecule has 0 saturated carbocycles. The third kappa shape index (κ3) is 18.1. The summed E-state index contributed by atoms with van der Waals surface area (Å²) < 4.78 is 23.3. The SMILES string of the molecule is CCCC(C)CC.CCCC1CCC(Cc2ccccc2)N1Cc1ccc(C(=O)NC(CCS(C)(=O)=O)C(=O)O)c(-c2ccccc2C)c1.CSCCC(C)C(=O)O. The summed E-state index contributed by atoms with van der Waals surface area (Å²) in [6, 6.07) is 23.9. The van der Waals surface area contributed by atoms with Crippen LogP contribution in [0.4, 0.5) is 0 Å². The van der Waals surface area contributed by atoms with E-state index in [0.717, 1.165) is 78.8 Å². The van der Waals surface area contributed by atoms with Crippen LogP contribution in [0.1, 0.15) is 119 Å². The summed E-state index contributed by atoms with van der Waals surface area (Å²) in [4.78, 5) is 38.2. The summed E-state index contributed by atoms with van der Waals surface area (Å²) in [7, 11) is -3.38. The predicted octanol–water partition coefficient (Wildman–Crippen LogP) is 9.95. The maximum atomic E-state index is 13.5. The van der Waals surface area contributed by atoms with E-state index in [2.05, 4.69) is 68.2 Å². The van der Waals surface area contributed by atoms with Gasteiger partial charge in [0.2, 0.25) is 0 Å². The summed E-state index contributed by atoms with van der Waals surface area (Å²) in [6.07, 6.45) is 13.3. The van der Waals surface area contributed by atoms with Gasteiger partial charge in [0.25, 0.3) is 5.91 Å². The monoisotopic (exact) mass is 838 g/mol. The van der Waals surface area contributed by atoms with Crippen molar-refractivity contribution in [3.63, 3.8) is 0 Å². The number of carboxylic acids is 2. The van der Waals surface area contributed by atoms with Crippen LogP contribution in [-0.4, -0.2) is 83.5 Å². The molecule has 1 fully saturated rings. The number of carbonyl (C=O) groups excluding carboxylic acids is 1. The number of carboxylic acid groups (broad SMARTS) is 2. The van der Waals surface area contributed by atoms with Crippen LogP contribution in [-0.2, 0) is 32.4 Å². The highest BCUT2D eigenvalue weighted by Gasteiger charge is 2.33. The molecule has 3 N–H and O–H groups in total. The maximum Gasteiger partial charge on any atom is 0.326 e. The van der Waals surface area contributed by atoms with E-state index in [1.165, 1.54) is 31.2 Å². The number of carbonyl (C=O) groups is 3. The summed E-state index contributed by atoms with van der Waals surface area (Å²) in [5.41, 5.74) is 5.44. The van der Waals surface area contributed by atoms with Crippen LogP contribution in [0, 0.1) is 18.8 Å². The Morgan fingerprint density at radius 3 is 2.03 bits per heavy atom. The second-order valence-electron chi connectivity index (χ2n) is 15.8. The molecule has 1 saturated heterocycles. The van der Waals surface area contributed by atoms with Crippen molar-refractivity contribution in [3.8, 4) is 11.1 Å². The molecular weight excluding hydrogens is 769 g/mol. The van der Waals surface area contributed by atoms with Crippen LogP contribution < -0.4 is 5.32 Å². The first kappa shape index (κ1) is 50.5. The minimum Gasteiger partial charge on any atom is -0.481 e. The standard InChI is InChI=1S/C34H42N2O5S.C7H16.C6H12O2S/c1-4-10-27-16-17-28(21-25-12-6-5-7-13-25)36(27)23-26-15-18-30(31(22-26)29-14-9-8-11-24(29)2)33(37)35-32(34(38)39)19-20-42(3,40)41;1-4-6-7(3)5-2;1-5(6(7)8)3-4-9-2/h5-9,11-15,18,22,27-28,32H,4,10,16-17,19-21,23H2,1-3H3,(H,35,37)(H,38,39);7H,4-6H2,1-3H3;5H,3-4H2,1-2H3,(H,7,8). The number of likely N-dealkylation sites (tertiary alicyclic amines) is 1. The van der Waals surface area contributed by atoms with Gasteiger partial charge in [-0.3, -0.25) is 14.5 Å².